The Kier molecular flexibility index (Phi) is 4.32. The second kappa shape index (κ2) is 5.64. The molecular formula is C17H28N2. The summed E-state index contributed by atoms with van der Waals surface area (Å²) < 4.78 is 0. The van der Waals surface area contributed by atoms with E-state index >= 15 is 0 Å². The van der Waals surface area contributed by atoms with Crippen LogP contribution in [0.15, 0.2) is 12.1 Å². The van der Waals surface area contributed by atoms with Gasteiger partial charge in [-0.1, -0.05) is 18.6 Å². The molecule has 0 aromatic heterocycles. The molecule has 1 aliphatic carbocycles. The molecule has 2 N–H and O–H groups in total. The van der Waals surface area contributed by atoms with Gasteiger partial charge in [-0.2, -0.15) is 0 Å². The molecule has 0 bridgehead atoms. The summed E-state index contributed by atoms with van der Waals surface area (Å²) in [6.07, 6.45) is 4.02. The average Bonchev–Trinajstić information content (AvgIpc) is 2.33. The lowest BCUT2D eigenvalue weighted by Gasteiger charge is -2.48. The largest absolute Gasteiger partial charge is 0.319 e. The van der Waals surface area contributed by atoms with Gasteiger partial charge in [0.1, 0.15) is 0 Å². The zero-order valence-electron chi connectivity index (χ0n) is 13.1. The van der Waals surface area contributed by atoms with Gasteiger partial charge >= 0.3 is 0 Å². The van der Waals surface area contributed by atoms with Crippen LogP contribution in [0, 0.1) is 26.2 Å². The normalized spacial score (nSPS) is 19.0. The maximum atomic E-state index is 3.59. The first-order valence-electron chi connectivity index (χ1n) is 7.43. The number of nitrogens with one attached hydrogen (secondary N) is 2. The molecule has 1 unspecified atom stereocenters. The number of rotatable bonds is 5. The first-order valence-corrected chi connectivity index (χ1v) is 7.43. The van der Waals surface area contributed by atoms with E-state index in [2.05, 4.69) is 57.6 Å². The van der Waals surface area contributed by atoms with Crippen LogP contribution in [0.25, 0.3) is 0 Å². The fourth-order valence-electron chi connectivity index (χ4n) is 3.64. The highest BCUT2D eigenvalue weighted by atomic mass is 14.9. The van der Waals surface area contributed by atoms with Gasteiger partial charge in [-0.05, 0) is 70.0 Å². The van der Waals surface area contributed by atoms with Crippen LogP contribution in [-0.2, 0) is 0 Å². The topological polar surface area (TPSA) is 24.1 Å². The Morgan fingerprint density at radius 1 is 1.05 bits per heavy atom. The Balaban J connectivity index is 2.39. The zero-order valence-corrected chi connectivity index (χ0v) is 13.1. The highest BCUT2D eigenvalue weighted by Crippen LogP contribution is 2.50. The van der Waals surface area contributed by atoms with Crippen LogP contribution in [0.4, 0.5) is 0 Å². The van der Waals surface area contributed by atoms with Crippen molar-refractivity contribution in [2.45, 2.75) is 46.1 Å². The minimum absolute atomic E-state index is 0.399. The zero-order chi connectivity index (χ0) is 14.0. The molecule has 0 radical (unpaired) electrons. The molecule has 0 amide bonds. The van der Waals surface area contributed by atoms with Crippen LogP contribution in [0.5, 0.6) is 0 Å². The van der Waals surface area contributed by atoms with Crippen molar-refractivity contribution in [3.63, 3.8) is 0 Å². The fourth-order valence-corrected chi connectivity index (χ4v) is 3.64. The van der Waals surface area contributed by atoms with Crippen molar-refractivity contribution in [2.75, 3.05) is 20.6 Å². The molecule has 1 aromatic rings. The van der Waals surface area contributed by atoms with Gasteiger partial charge in [0, 0.05) is 18.0 Å². The van der Waals surface area contributed by atoms with Gasteiger partial charge in [0.25, 0.3) is 0 Å². The standard InChI is InChI=1S/C17H28N2/c1-12-9-14(3)15(10-13(12)2)16(19-5)17(11-18-4)7-6-8-17/h9-10,16,18-19H,6-8,11H2,1-5H3. The lowest BCUT2D eigenvalue weighted by atomic mass is 9.61. The lowest BCUT2D eigenvalue weighted by molar-refractivity contribution is 0.0785. The van der Waals surface area contributed by atoms with E-state index in [0.29, 0.717) is 11.5 Å². The first-order chi connectivity index (χ1) is 9.04. The second-order valence-corrected chi connectivity index (χ2v) is 6.26. The molecule has 1 saturated carbocycles. The molecule has 1 fully saturated rings. The molecule has 0 spiro atoms. The van der Waals surface area contributed by atoms with Gasteiger partial charge in [0.15, 0.2) is 0 Å². The Hall–Kier alpha value is -0.860. The number of benzene rings is 1. The van der Waals surface area contributed by atoms with Gasteiger partial charge in [-0.15, -0.1) is 0 Å². The van der Waals surface area contributed by atoms with Crippen molar-refractivity contribution >= 4 is 0 Å². The fraction of sp³-hybridized carbons (Fsp3) is 0.647. The van der Waals surface area contributed by atoms with Gasteiger partial charge < -0.3 is 10.6 Å². The van der Waals surface area contributed by atoms with Crippen molar-refractivity contribution in [3.05, 3.63) is 34.4 Å². The van der Waals surface area contributed by atoms with E-state index in [4.69, 9.17) is 0 Å². The molecule has 1 atom stereocenters. The third-order valence-electron chi connectivity index (χ3n) is 4.97. The van der Waals surface area contributed by atoms with Crippen LogP contribution >= 0.6 is 0 Å². The summed E-state index contributed by atoms with van der Waals surface area (Å²) in [5.74, 6) is 0. The molecule has 106 valence electrons. The minimum Gasteiger partial charge on any atom is -0.319 e. The van der Waals surface area contributed by atoms with Gasteiger partial charge in [0.05, 0.1) is 0 Å². The lowest BCUT2D eigenvalue weighted by Crippen LogP contribution is -2.48. The van der Waals surface area contributed by atoms with Crippen LogP contribution in [0.2, 0.25) is 0 Å². The molecule has 2 rings (SSSR count). The SMILES string of the molecule is CNCC1(C(NC)c2cc(C)c(C)cc2C)CCC1. The van der Waals surface area contributed by atoms with E-state index in [9.17, 15) is 0 Å². The molecular weight excluding hydrogens is 232 g/mol. The van der Waals surface area contributed by atoms with E-state index in [-0.39, 0.29) is 0 Å². The summed E-state index contributed by atoms with van der Waals surface area (Å²) in [5.41, 5.74) is 6.10. The van der Waals surface area contributed by atoms with E-state index in [1.807, 2.05) is 0 Å². The molecule has 0 heterocycles. The molecule has 19 heavy (non-hydrogen) atoms. The summed E-state index contributed by atoms with van der Waals surface area (Å²) >= 11 is 0. The molecule has 2 heteroatoms. The van der Waals surface area contributed by atoms with Gasteiger partial charge in [0.2, 0.25) is 0 Å². The summed E-state index contributed by atoms with van der Waals surface area (Å²) in [4.78, 5) is 0. The van der Waals surface area contributed by atoms with Crippen molar-refractivity contribution in [2.24, 2.45) is 5.41 Å². The van der Waals surface area contributed by atoms with Crippen LogP contribution in [0.1, 0.15) is 47.6 Å². The molecule has 0 aliphatic heterocycles. The second-order valence-electron chi connectivity index (χ2n) is 6.26. The predicted octanol–water partition coefficient (Wildman–Crippen LogP) is 3.26. The van der Waals surface area contributed by atoms with Crippen molar-refractivity contribution in [3.8, 4) is 0 Å². The molecule has 2 nitrogen and oxygen atoms in total. The predicted molar refractivity (Wildman–Crippen MR) is 82.7 cm³/mol. The van der Waals surface area contributed by atoms with E-state index in [1.165, 1.54) is 41.5 Å². The average molecular weight is 260 g/mol. The smallest absolute Gasteiger partial charge is 0.0389 e. The van der Waals surface area contributed by atoms with Crippen molar-refractivity contribution in [1.82, 2.24) is 10.6 Å². The maximum absolute atomic E-state index is 3.59. The monoisotopic (exact) mass is 260 g/mol. The first kappa shape index (κ1) is 14.5. The highest BCUT2D eigenvalue weighted by Gasteiger charge is 2.43. The Bertz CT molecular complexity index is 447. The Labute approximate surface area is 118 Å². The minimum atomic E-state index is 0.399. The molecule has 1 aliphatic rings. The summed E-state index contributed by atoms with van der Waals surface area (Å²) in [6.45, 7) is 7.77. The molecule has 0 saturated heterocycles. The number of aryl methyl sites for hydroxylation is 3. The summed E-state index contributed by atoms with van der Waals surface area (Å²) in [5, 5.41) is 6.99. The quantitative estimate of drug-likeness (QED) is 0.849. The van der Waals surface area contributed by atoms with Gasteiger partial charge in [-0.25, -0.2) is 0 Å². The van der Waals surface area contributed by atoms with Crippen LogP contribution < -0.4 is 10.6 Å². The molecule has 1 aromatic carbocycles. The van der Waals surface area contributed by atoms with E-state index in [1.54, 1.807) is 0 Å². The van der Waals surface area contributed by atoms with E-state index in [0.717, 1.165) is 6.54 Å². The summed E-state index contributed by atoms with van der Waals surface area (Å²) in [7, 11) is 4.18. The highest BCUT2D eigenvalue weighted by molar-refractivity contribution is 5.39. The third-order valence-corrected chi connectivity index (χ3v) is 4.97. The Morgan fingerprint density at radius 2 is 1.68 bits per heavy atom. The van der Waals surface area contributed by atoms with Crippen molar-refractivity contribution in [1.29, 1.82) is 0 Å². The van der Waals surface area contributed by atoms with Crippen LogP contribution in [0.3, 0.4) is 0 Å². The Morgan fingerprint density at radius 3 is 2.16 bits per heavy atom. The number of hydrogen-bond acceptors (Lipinski definition) is 2. The third kappa shape index (κ3) is 2.56. The van der Waals surface area contributed by atoms with Gasteiger partial charge in [-0.3, -0.25) is 0 Å². The van der Waals surface area contributed by atoms with Crippen LogP contribution in [-0.4, -0.2) is 20.6 Å². The van der Waals surface area contributed by atoms with E-state index < -0.39 is 0 Å². The number of hydrogen-bond donors (Lipinski definition) is 2. The summed E-state index contributed by atoms with van der Waals surface area (Å²) in [6, 6.07) is 5.19. The maximum Gasteiger partial charge on any atom is 0.0389 e. The van der Waals surface area contributed by atoms with Crippen molar-refractivity contribution < 1.29 is 0 Å².